The van der Waals surface area contributed by atoms with Crippen molar-refractivity contribution in [1.82, 2.24) is 15.2 Å². The highest BCUT2D eigenvalue weighted by atomic mass is 32.2. The largest absolute Gasteiger partial charge is 0.450 e. The summed E-state index contributed by atoms with van der Waals surface area (Å²) in [4.78, 5) is 4.36. The van der Waals surface area contributed by atoms with Crippen LogP contribution in [0, 0.1) is 0 Å². The molecule has 0 saturated heterocycles. The fourth-order valence-corrected chi connectivity index (χ4v) is 3.44. The average Bonchev–Trinajstić information content (AvgIpc) is 3.37. The Bertz CT molecular complexity index is 1440. The van der Waals surface area contributed by atoms with E-state index in [4.69, 9.17) is 13.4 Å². The lowest BCUT2D eigenvalue weighted by Crippen LogP contribution is -1.99. The Balaban J connectivity index is 1.92. The summed E-state index contributed by atoms with van der Waals surface area (Å²) in [5.41, 5.74) is 0.679. The zero-order chi connectivity index (χ0) is 21.5. The minimum absolute atomic E-state index is 0.00133. The van der Waals surface area contributed by atoms with Crippen molar-refractivity contribution in [3.05, 3.63) is 54.8 Å². The van der Waals surface area contributed by atoms with Gasteiger partial charge in [0.05, 0.1) is 0 Å². The molecule has 0 fully saturated rings. The second-order valence-electron chi connectivity index (χ2n) is 5.92. The van der Waals surface area contributed by atoms with Gasteiger partial charge in [0, 0.05) is 17.2 Å². The van der Waals surface area contributed by atoms with Gasteiger partial charge in [-0.2, -0.15) is 16.8 Å². The van der Waals surface area contributed by atoms with Crippen LogP contribution in [-0.2, 0) is 20.2 Å². The molecule has 0 unspecified atom stereocenters. The van der Waals surface area contributed by atoms with E-state index in [2.05, 4.69) is 15.2 Å². The Labute approximate surface area is 169 Å². The van der Waals surface area contributed by atoms with Gasteiger partial charge in [-0.25, -0.2) is 4.98 Å². The molecule has 0 amide bonds. The Kier molecular flexibility index (Phi) is 4.74. The van der Waals surface area contributed by atoms with E-state index in [1.54, 1.807) is 30.3 Å². The lowest BCUT2D eigenvalue weighted by Gasteiger charge is -2.06. The van der Waals surface area contributed by atoms with Gasteiger partial charge in [0.1, 0.15) is 17.7 Å². The first-order valence-corrected chi connectivity index (χ1v) is 11.0. The second kappa shape index (κ2) is 7.14. The van der Waals surface area contributed by atoms with Crippen LogP contribution in [0.25, 0.3) is 34.1 Å². The maximum atomic E-state index is 11.3. The Morgan fingerprint density at radius 1 is 0.767 bits per heavy atom. The molecule has 0 spiro atoms. The molecular formula is C17H11N3O8S2. The Hall–Kier alpha value is -3.39. The van der Waals surface area contributed by atoms with E-state index in [1.165, 1.54) is 6.07 Å². The van der Waals surface area contributed by atoms with Gasteiger partial charge in [-0.3, -0.25) is 9.11 Å². The molecular weight excluding hydrogens is 438 g/mol. The summed E-state index contributed by atoms with van der Waals surface area (Å²) in [6, 6.07) is 12.0. The summed E-state index contributed by atoms with van der Waals surface area (Å²) in [5, 5.41) is 6.62. The van der Waals surface area contributed by atoms with Crippen molar-refractivity contribution < 1.29 is 34.8 Å². The molecule has 0 aliphatic carbocycles. The molecule has 0 radical (unpaired) electrons. The molecule has 0 saturated carbocycles. The van der Waals surface area contributed by atoms with Crippen molar-refractivity contribution in [1.29, 1.82) is 0 Å². The molecule has 154 valence electrons. The van der Waals surface area contributed by atoms with Crippen LogP contribution in [0.15, 0.2) is 73.8 Å². The van der Waals surface area contributed by atoms with E-state index in [0.29, 0.717) is 5.56 Å². The van der Waals surface area contributed by atoms with Crippen molar-refractivity contribution >= 4 is 20.2 Å². The minimum atomic E-state index is -4.61. The number of benzene rings is 1. The first-order valence-electron chi connectivity index (χ1n) is 8.07. The van der Waals surface area contributed by atoms with Gasteiger partial charge in [-0.15, -0.1) is 10.2 Å². The van der Waals surface area contributed by atoms with Gasteiger partial charge in [0.15, 0.2) is 11.6 Å². The van der Waals surface area contributed by atoms with Gasteiger partial charge in [-0.05, 0) is 12.1 Å². The Morgan fingerprint density at radius 2 is 1.47 bits per heavy atom. The van der Waals surface area contributed by atoms with E-state index >= 15 is 0 Å². The summed E-state index contributed by atoms with van der Waals surface area (Å²) in [6.07, 6.45) is 1.01. The van der Waals surface area contributed by atoms with Crippen LogP contribution in [0.5, 0.6) is 0 Å². The smallest absolute Gasteiger partial charge is 0.328 e. The fraction of sp³-hybridized carbons (Fsp3) is 0. The number of aromatic nitrogens is 3. The molecule has 1 aromatic carbocycles. The normalized spacial score (nSPS) is 12.2. The van der Waals surface area contributed by atoms with Crippen molar-refractivity contribution in [2.45, 2.75) is 10.2 Å². The van der Waals surface area contributed by atoms with Crippen molar-refractivity contribution in [3.63, 3.8) is 0 Å². The van der Waals surface area contributed by atoms with Crippen LogP contribution in [0.2, 0.25) is 0 Å². The minimum Gasteiger partial charge on any atom is -0.450 e. The SMILES string of the molecule is O=S(=O)(O)c1cc(-c2nnc(-c3ccccc3)nc2-c2ccc(S(=O)(=O)O)o2)co1. The topological polar surface area (TPSA) is 174 Å². The highest BCUT2D eigenvalue weighted by molar-refractivity contribution is 7.85. The predicted molar refractivity (Wildman–Crippen MR) is 100 cm³/mol. The zero-order valence-corrected chi connectivity index (χ0v) is 16.3. The molecule has 0 bridgehead atoms. The van der Waals surface area contributed by atoms with E-state index in [0.717, 1.165) is 18.4 Å². The summed E-state index contributed by atoms with van der Waals surface area (Å²) in [6.45, 7) is 0. The van der Waals surface area contributed by atoms with Crippen molar-refractivity contribution in [2.24, 2.45) is 0 Å². The lowest BCUT2D eigenvalue weighted by molar-refractivity contribution is 0.407. The van der Waals surface area contributed by atoms with E-state index in [-0.39, 0.29) is 28.5 Å². The van der Waals surface area contributed by atoms with E-state index in [9.17, 15) is 21.4 Å². The molecule has 30 heavy (non-hydrogen) atoms. The standard InChI is InChI=1S/C17H11N3O8S2/c21-29(22,23)13-7-6-12(28-13)16-15(11-8-14(27-9-11)30(24,25)26)19-20-17(18-16)10-4-2-1-3-5-10/h1-9H,(H,21,22,23)(H,24,25,26). The van der Waals surface area contributed by atoms with E-state index < -0.39 is 30.4 Å². The first-order chi connectivity index (χ1) is 14.1. The maximum Gasteiger partial charge on any atom is 0.328 e. The van der Waals surface area contributed by atoms with Gasteiger partial charge >= 0.3 is 20.2 Å². The molecule has 3 aromatic heterocycles. The molecule has 4 rings (SSSR count). The average molecular weight is 449 g/mol. The fourth-order valence-electron chi connectivity index (χ4n) is 2.56. The summed E-state index contributed by atoms with van der Waals surface area (Å²) in [7, 11) is -9.21. The summed E-state index contributed by atoms with van der Waals surface area (Å²) < 4.78 is 73.6. The van der Waals surface area contributed by atoms with Gasteiger partial charge in [0.25, 0.3) is 0 Å². The van der Waals surface area contributed by atoms with Crippen LogP contribution in [0.3, 0.4) is 0 Å². The van der Waals surface area contributed by atoms with Crippen molar-refractivity contribution in [3.8, 4) is 34.1 Å². The number of nitrogens with zero attached hydrogens (tertiary/aromatic N) is 3. The monoisotopic (exact) mass is 449 g/mol. The summed E-state index contributed by atoms with van der Waals surface area (Å²) in [5.74, 6) is 0.0944. The Morgan fingerprint density at radius 3 is 2.07 bits per heavy atom. The van der Waals surface area contributed by atoms with Crippen LogP contribution in [0.4, 0.5) is 0 Å². The zero-order valence-electron chi connectivity index (χ0n) is 14.7. The van der Waals surface area contributed by atoms with Gasteiger partial charge < -0.3 is 8.83 Å². The molecule has 11 nitrogen and oxygen atoms in total. The molecule has 0 aliphatic heterocycles. The lowest BCUT2D eigenvalue weighted by atomic mass is 10.1. The van der Waals surface area contributed by atoms with Crippen molar-refractivity contribution in [2.75, 3.05) is 0 Å². The molecule has 3 heterocycles. The number of hydrogen-bond donors (Lipinski definition) is 2. The highest BCUT2D eigenvalue weighted by Gasteiger charge is 2.24. The number of hydrogen-bond acceptors (Lipinski definition) is 9. The van der Waals surface area contributed by atoms with Crippen LogP contribution < -0.4 is 0 Å². The first kappa shape index (κ1) is 19.9. The quantitative estimate of drug-likeness (QED) is 0.428. The third-order valence-corrected chi connectivity index (χ3v) is 5.34. The second-order valence-corrected chi connectivity index (χ2v) is 8.63. The third kappa shape index (κ3) is 3.86. The van der Waals surface area contributed by atoms with Crippen LogP contribution in [-0.4, -0.2) is 41.1 Å². The molecule has 4 aromatic rings. The van der Waals surface area contributed by atoms with Gasteiger partial charge in [-0.1, -0.05) is 30.3 Å². The molecule has 13 heteroatoms. The molecule has 2 N–H and O–H groups in total. The van der Waals surface area contributed by atoms with Crippen LogP contribution >= 0.6 is 0 Å². The maximum absolute atomic E-state index is 11.3. The third-order valence-electron chi connectivity index (χ3n) is 3.89. The van der Waals surface area contributed by atoms with Crippen LogP contribution in [0.1, 0.15) is 0 Å². The number of rotatable bonds is 5. The number of furan rings is 2. The molecule has 0 aliphatic rings. The van der Waals surface area contributed by atoms with E-state index in [1.807, 2.05) is 0 Å². The summed E-state index contributed by atoms with van der Waals surface area (Å²) >= 11 is 0. The highest BCUT2D eigenvalue weighted by Crippen LogP contribution is 2.33. The predicted octanol–water partition coefficient (Wildman–Crippen LogP) is 2.55. The van der Waals surface area contributed by atoms with Gasteiger partial charge in [0.2, 0.25) is 10.2 Å². The molecule has 0 atom stereocenters.